The Bertz CT molecular complexity index is 774. The molecule has 1 atom stereocenters. The Kier molecular flexibility index (Phi) is 5.04. The first kappa shape index (κ1) is 16.3. The van der Waals surface area contributed by atoms with E-state index < -0.39 is 5.92 Å². The molecule has 0 spiro atoms. The summed E-state index contributed by atoms with van der Waals surface area (Å²) in [5.41, 5.74) is 2.81. The van der Waals surface area contributed by atoms with E-state index in [1.54, 1.807) is 6.92 Å². The molecule has 4 nitrogen and oxygen atoms in total. The van der Waals surface area contributed by atoms with Crippen molar-refractivity contribution in [1.29, 1.82) is 5.26 Å². The van der Waals surface area contributed by atoms with E-state index in [-0.39, 0.29) is 5.56 Å². The molecule has 0 aliphatic rings. The Hall–Kier alpha value is -2.06. The van der Waals surface area contributed by atoms with Crippen LogP contribution in [0.1, 0.15) is 42.1 Å². The summed E-state index contributed by atoms with van der Waals surface area (Å²) in [6.07, 6.45) is 0. The molecule has 0 amide bonds. The van der Waals surface area contributed by atoms with Crippen molar-refractivity contribution < 1.29 is 0 Å². The molecule has 0 aliphatic carbocycles. The molecule has 0 aliphatic heterocycles. The van der Waals surface area contributed by atoms with Crippen molar-refractivity contribution in [2.75, 3.05) is 0 Å². The van der Waals surface area contributed by atoms with Crippen LogP contribution in [0.25, 0.3) is 0 Å². The van der Waals surface area contributed by atoms with Gasteiger partial charge < -0.3 is 4.98 Å². The van der Waals surface area contributed by atoms with Crippen LogP contribution in [-0.4, -0.2) is 15.2 Å². The second-order valence-corrected chi connectivity index (χ2v) is 7.09. The predicted octanol–water partition coefficient (Wildman–Crippen LogP) is 3.54. The predicted molar refractivity (Wildman–Crippen MR) is 89.2 cm³/mol. The van der Waals surface area contributed by atoms with Crippen molar-refractivity contribution in [2.24, 2.45) is 0 Å². The summed E-state index contributed by atoms with van der Waals surface area (Å²) in [6, 6.07) is 10.1. The van der Waals surface area contributed by atoms with Gasteiger partial charge in [-0.2, -0.15) is 5.26 Å². The number of nitrogens with one attached hydrogen (secondary N) is 1. The van der Waals surface area contributed by atoms with Crippen molar-refractivity contribution in [3.8, 4) is 6.07 Å². The zero-order valence-electron chi connectivity index (χ0n) is 13.2. The van der Waals surface area contributed by atoms with Gasteiger partial charge in [0, 0.05) is 10.8 Å². The number of nitriles is 1. The smallest absolute Gasteiger partial charge is 0.254 e. The first-order chi connectivity index (χ1) is 10.4. The van der Waals surface area contributed by atoms with Crippen molar-refractivity contribution in [3.05, 3.63) is 57.0 Å². The molecule has 0 fully saturated rings. The monoisotopic (exact) mass is 313 g/mol. The highest BCUT2D eigenvalue weighted by molar-refractivity contribution is 7.99. The van der Waals surface area contributed by atoms with Crippen LogP contribution in [0.15, 0.2) is 34.2 Å². The molecule has 1 aromatic carbocycles. The molecule has 5 heteroatoms. The number of thioether (sulfide) groups is 1. The zero-order valence-corrected chi connectivity index (χ0v) is 14.0. The minimum absolute atomic E-state index is 0.180. The van der Waals surface area contributed by atoms with E-state index in [9.17, 15) is 10.1 Å². The molecular weight excluding hydrogens is 294 g/mol. The topological polar surface area (TPSA) is 69.5 Å². The van der Waals surface area contributed by atoms with E-state index in [0.717, 1.165) is 11.1 Å². The maximum atomic E-state index is 12.1. The third-order valence-corrected chi connectivity index (χ3v) is 4.18. The van der Waals surface area contributed by atoms with Gasteiger partial charge in [-0.3, -0.25) is 4.79 Å². The molecule has 0 saturated carbocycles. The first-order valence-corrected chi connectivity index (χ1v) is 8.04. The van der Waals surface area contributed by atoms with E-state index in [1.165, 1.54) is 11.8 Å². The molecule has 114 valence electrons. The highest BCUT2D eigenvalue weighted by atomic mass is 32.2. The van der Waals surface area contributed by atoms with Gasteiger partial charge in [0.25, 0.3) is 5.56 Å². The van der Waals surface area contributed by atoms with Crippen LogP contribution in [0, 0.1) is 25.2 Å². The standard InChI is InChI=1S/C17H19N3OS/c1-10(2)22-17-19-15(12(4)16(21)20-17)14(9-18)13-7-5-6-11(3)8-13/h5-8,10,14H,1-4H3,(H,19,20,21). The fourth-order valence-electron chi connectivity index (χ4n) is 2.23. The van der Waals surface area contributed by atoms with Crippen molar-refractivity contribution >= 4 is 11.8 Å². The Morgan fingerprint density at radius 2 is 2.05 bits per heavy atom. The third kappa shape index (κ3) is 3.58. The van der Waals surface area contributed by atoms with Gasteiger partial charge in [-0.25, -0.2) is 4.98 Å². The van der Waals surface area contributed by atoms with E-state index in [4.69, 9.17) is 0 Å². The lowest BCUT2D eigenvalue weighted by Gasteiger charge is -2.14. The average molecular weight is 313 g/mol. The largest absolute Gasteiger partial charge is 0.301 e. The Balaban J connectivity index is 2.56. The van der Waals surface area contributed by atoms with Gasteiger partial charge in [0.2, 0.25) is 0 Å². The van der Waals surface area contributed by atoms with E-state index in [2.05, 4.69) is 16.0 Å². The number of hydrogen-bond donors (Lipinski definition) is 1. The number of aromatic amines is 1. The quantitative estimate of drug-likeness (QED) is 0.692. The minimum Gasteiger partial charge on any atom is -0.301 e. The van der Waals surface area contributed by atoms with Crippen molar-refractivity contribution in [1.82, 2.24) is 9.97 Å². The highest BCUT2D eigenvalue weighted by Gasteiger charge is 2.20. The fourth-order valence-corrected chi connectivity index (χ4v) is 2.98. The molecule has 0 bridgehead atoms. The van der Waals surface area contributed by atoms with Gasteiger partial charge in [0.1, 0.15) is 5.92 Å². The van der Waals surface area contributed by atoms with Gasteiger partial charge in [-0.1, -0.05) is 55.4 Å². The number of H-pyrrole nitrogens is 1. The molecule has 1 N–H and O–H groups in total. The van der Waals surface area contributed by atoms with E-state index >= 15 is 0 Å². The lowest BCUT2D eigenvalue weighted by atomic mass is 9.93. The highest BCUT2D eigenvalue weighted by Crippen LogP contribution is 2.26. The maximum Gasteiger partial charge on any atom is 0.254 e. The van der Waals surface area contributed by atoms with Gasteiger partial charge in [0.15, 0.2) is 5.16 Å². The van der Waals surface area contributed by atoms with Gasteiger partial charge in [-0.15, -0.1) is 0 Å². The number of hydrogen-bond acceptors (Lipinski definition) is 4. The molecule has 2 aromatic rings. The Morgan fingerprint density at radius 1 is 1.32 bits per heavy atom. The van der Waals surface area contributed by atoms with E-state index in [1.807, 2.05) is 45.0 Å². The van der Waals surface area contributed by atoms with Crippen LogP contribution in [0.5, 0.6) is 0 Å². The number of rotatable bonds is 4. The lowest BCUT2D eigenvalue weighted by molar-refractivity contribution is 0.823. The van der Waals surface area contributed by atoms with Gasteiger partial charge >= 0.3 is 0 Å². The first-order valence-electron chi connectivity index (χ1n) is 7.16. The lowest BCUT2D eigenvalue weighted by Crippen LogP contribution is -2.18. The number of aromatic nitrogens is 2. The molecule has 2 rings (SSSR count). The SMILES string of the molecule is Cc1cccc(C(C#N)c2nc(SC(C)C)[nH]c(=O)c2C)c1. The van der Waals surface area contributed by atoms with Crippen LogP contribution in [0.2, 0.25) is 0 Å². The summed E-state index contributed by atoms with van der Waals surface area (Å²) in [6.45, 7) is 7.76. The summed E-state index contributed by atoms with van der Waals surface area (Å²) < 4.78 is 0. The summed E-state index contributed by atoms with van der Waals surface area (Å²) >= 11 is 1.49. The molecular formula is C17H19N3OS. The Labute approximate surface area is 134 Å². The molecule has 1 heterocycles. The maximum absolute atomic E-state index is 12.1. The second-order valence-electron chi connectivity index (χ2n) is 5.52. The number of nitrogens with zero attached hydrogens (tertiary/aromatic N) is 2. The normalized spacial score (nSPS) is 12.2. The molecule has 0 radical (unpaired) electrons. The zero-order chi connectivity index (χ0) is 16.3. The van der Waals surface area contributed by atoms with Crippen LogP contribution in [0.3, 0.4) is 0 Å². The summed E-state index contributed by atoms with van der Waals surface area (Å²) in [4.78, 5) is 19.5. The number of benzene rings is 1. The van der Waals surface area contributed by atoms with Crippen molar-refractivity contribution in [2.45, 2.75) is 44.0 Å². The fraction of sp³-hybridized carbons (Fsp3) is 0.353. The number of aryl methyl sites for hydroxylation is 1. The molecule has 1 unspecified atom stereocenters. The summed E-state index contributed by atoms with van der Waals surface area (Å²) in [5.74, 6) is -0.534. The Morgan fingerprint density at radius 3 is 2.64 bits per heavy atom. The molecule has 0 saturated heterocycles. The summed E-state index contributed by atoms with van der Waals surface area (Å²) in [7, 11) is 0. The minimum atomic E-state index is -0.534. The second kappa shape index (κ2) is 6.80. The van der Waals surface area contributed by atoms with Crippen LogP contribution in [0.4, 0.5) is 0 Å². The third-order valence-electron chi connectivity index (χ3n) is 3.29. The average Bonchev–Trinajstić information content (AvgIpc) is 2.44. The molecule has 1 aromatic heterocycles. The van der Waals surface area contributed by atoms with E-state index in [0.29, 0.717) is 21.7 Å². The summed E-state index contributed by atoms with van der Waals surface area (Å²) in [5, 5.41) is 10.5. The van der Waals surface area contributed by atoms with Crippen molar-refractivity contribution in [3.63, 3.8) is 0 Å². The van der Waals surface area contributed by atoms with Gasteiger partial charge in [0.05, 0.1) is 11.8 Å². The molecule has 22 heavy (non-hydrogen) atoms. The van der Waals surface area contributed by atoms with Crippen LogP contribution >= 0.6 is 11.8 Å². The van der Waals surface area contributed by atoms with Crippen LogP contribution < -0.4 is 5.56 Å². The van der Waals surface area contributed by atoms with Gasteiger partial charge in [-0.05, 0) is 19.4 Å². The van der Waals surface area contributed by atoms with Crippen LogP contribution in [-0.2, 0) is 0 Å².